The summed E-state index contributed by atoms with van der Waals surface area (Å²) in [6.45, 7) is 3.95. The lowest BCUT2D eigenvalue weighted by atomic mass is 10.1. The number of halogens is 1. The molecule has 5 heteroatoms. The first-order valence-corrected chi connectivity index (χ1v) is 6.12. The van der Waals surface area contributed by atoms with Crippen molar-refractivity contribution in [3.05, 3.63) is 46.6 Å². The summed E-state index contributed by atoms with van der Waals surface area (Å²) in [6.07, 6.45) is 3.57. The van der Waals surface area contributed by atoms with Crippen molar-refractivity contribution in [1.29, 1.82) is 0 Å². The summed E-state index contributed by atoms with van der Waals surface area (Å²) >= 11 is 3.36. The monoisotopic (exact) mass is 292 g/mol. The van der Waals surface area contributed by atoms with Crippen molar-refractivity contribution >= 4 is 21.7 Å². The Morgan fingerprint density at radius 1 is 1.24 bits per heavy atom. The Bertz CT molecular complexity index is 481. The third-order valence-electron chi connectivity index (χ3n) is 2.38. The molecule has 1 unspecified atom stereocenters. The Morgan fingerprint density at radius 3 is 2.59 bits per heavy atom. The van der Waals surface area contributed by atoms with E-state index >= 15 is 0 Å². The molecule has 4 nitrogen and oxygen atoms in total. The predicted molar refractivity (Wildman–Crippen MR) is 70.7 cm³/mol. The van der Waals surface area contributed by atoms with Gasteiger partial charge in [0.2, 0.25) is 0 Å². The van der Waals surface area contributed by atoms with Crippen molar-refractivity contribution in [2.24, 2.45) is 0 Å². The van der Waals surface area contributed by atoms with Crippen LogP contribution < -0.4 is 5.32 Å². The maximum Gasteiger partial charge on any atom is 0.131 e. The lowest BCUT2D eigenvalue weighted by molar-refractivity contribution is 0.862. The van der Waals surface area contributed by atoms with Crippen molar-refractivity contribution in [2.75, 3.05) is 5.32 Å². The second kappa shape index (κ2) is 5.23. The van der Waals surface area contributed by atoms with E-state index < -0.39 is 0 Å². The molecule has 1 atom stereocenters. The van der Waals surface area contributed by atoms with Gasteiger partial charge in [0.15, 0.2) is 0 Å². The van der Waals surface area contributed by atoms with Crippen molar-refractivity contribution in [2.45, 2.75) is 19.9 Å². The van der Waals surface area contributed by atoms with Crippen molar-refractivity contribution in [3.63, 3.8) is 0 Å². The molecule has 2 aromatic rings. The highest BCUT2D eigenvalue weighted by molar-refractivity contribution is 9.10. The lowest BCUT2D eigenvalue weighted by Gasteiger charge is -2.14. The minimum atomic E-state index is 0.180. The van der Waals surface area contributed by atoms with E-state index in [4.69, 9.17) is 0 Å². The zero-order valence-corrected chi connectivity index (χ0v) is 11.3. The van der Waals surface area contributed by atoms with Gasteiger partial charge >= 0.3 is 0 Å². The molecule has 0 fully saturated rings. The van der Waals surface area contributed by atoms with E-state index in [0.29, 0.717) is 0 Å². The number of nitrogens with zero attached hydrogens (tertiary/aromatic N) is 3. The second-order valence-corrected chi connectivity index (χ2v) is 4.58. The van der Waals surface area contributed by atoms with Crippen molar-refractivity contribution < 1.29 is 0 Å². The van der Waals surface area contributed by atoms with E-state index in [0.717, 1.165) is 16.2 Å². The maximum absolute atomic E-state index is 4.33. The summed E-state index contributed by atoms with van der Waals surface area (Å²) in [7, 11) is 0. The van der Waals surface area contributed by atoms with Crippen LogP contribution in [0, 0.1) is 6.92 Å². The standard InChI is InChI=1S/C12H13BrN4/c1-8(10-3-5-14-6-4-10)15-12-7-11(13)16-9(2)17-12/h3-8H,1-2H3,(H,15,16,17). The molecule has 17 heavy (non-hydrogen) atoms. The van der Waals surface area contributed by atoms with Gasteiger partial charge < -0.3 is 5.32 Å². The fourth-order valence-corrected chi connectivity index (χ4v) is 2.04. The zero-order chi connectivity index (χ0) is 12.3. The molecule has 88 valence electrons. The number of aryl methyl sites for hydroxylation is 1. The van der Waals surface area contributed by atoms with Crippen molar-refractivity contribution in [3.8, 4) is 0 Å². The molecule has 0 bridgehead atoms. The van der Waals surface area contributed by atoms with E-state index in [1.54, 1.807) is 12.4 Å². The third-order valence-corrected chi connectivity index (χ3v) is 2.78. The van der Waals surface area contributed by atoms with E-state index in [1.165, 1.54) is 5.56 Å². The molecule has 2 heterocycles. The fraction of sp³-hybridized carbons (Fsp3) is 0.250. The van der Waals surface area contributed by atoms with Crippen molar-refractivity contribution in [1.82, 2.24) is 15.0 Å². The van der Waals surface area contributed by atoms with E-state index in [-0.39, 0.29) is 6.04 Å². The van der Waals surface area contributed by atoms with Gasteiger partial charge in [-0.2, -0.15) is 0 Å². The number of rotatable bonds is 3. The predicted octanol–water partition coefficient (Wildman–Crippen LogP) is 3.12. The molecule has 0 aliphatic carbocycles. The molecule has 0 amide bonds. The summed E-state index contributed by atoms with van der Waals surface area (Å²) in [5.41, 5.74) is 1.17. The molecule has 0 aliphatic rings. The molecule has 0 saturated carbocycles. The number of hydrogen-bond donors (Lipinski definition) is 1. The Kier molecular flexibility index (Phi) is 3.68. The van der Waals surface area contributed by atoms with Gasteiger partial charge in [-0.05, 0) is 47.5 Å². The van der Waals surface area contributed by atoms with Gasteiger partial charge in [0.25, 0.3) is 0 Å². The lowest BCUT2D eigenvalue weighted by Crippen LogP contribution is -2.08. The van der Waals surface area contributed by atoms with Crippen LogP contribution in [0.1, 0.15) is 24.4 Å². The zero-order valence-electron chi connectivity index (χ0n) is 9.68. The number of hydrogen-bond acceptors (Lipinski definition) is 4. The Balaban J connectivity index is 2.16. The molecule has 2 aromatic heterocycles. The van der Waals surface area contributed by atoms with Crippen LogP contribution in [0.2, 0.25) is 0 Å². The van der Waals surface area contributed by atoms with E-state index in [2.05, 4.69) is 43.1 Å². The number of nitrogens with one attached hydrogen (secondary N) is 1. The van der Waals surface area contributed by atoms with Gasteiger partial charge in [0, 0.05) is 18.5 Å². The first kappa shape index (κ1) is 12.0. The number of anilines is 1. The Hall–Kier alpha value is -1.49. The van der Waals surface area contributed by atoms with Crippen LogP contribution in [0.5, 0.6) is 0 Å². The molecule has 2 rings (SSSR count). The highest BCUT2D eigenvalue weighted by atomic mass is 79.9. The second-order valence-electron chi connectivity index (χ2n) is 3.77. The quantitative estimate of drug-likeness (QED) is 0.883. The average Bonchev–Trinajstić information content (AvgIpc) is 2.28. The highest BCUT2D eigenvalue weighted by Gasteiger charge is 2.06. The average molecular weight is 293 g/mol. The summed E-state index contributed by atoms with van der Waals surface area (Å²) in [6, 6.07) is 6.02. The van der Waals surface area contributed by atoms with Gasteiger partial charge in [0.05, 0.1) is 6.04 Å². The third kappa shape index (κ3) is 3.23. The van der Waals surface area contributed by atoms with Crippen LogP contribution in [-0.4, -0.2) is 15.0 Å². The number of aromatic nitrogens is 3. The first-order valence-electron chi connectivity index (χ1n) is 5.33. The summed E-state index contributed by atoms with van der Waals surface area (Å²) in [4.78, 5) is 12.5. The molecule has 0 radical (unpaired) electrons. The molecular formula is C12H13BrN4. The van der Waals surface area contributed by atoms with Crippen LogP contribution in [0.3, 0.4) is 0 Å². The maximum atomic E-state index is 4.33. The Morgan fingerprint density at radius 2 is 1.94 bits per heavy atom. The van der Waals surface area contributed by atoms with Gasteiger partial charge in [-0.25, -0.2) is 9.97 Å². The van der Waals surface area contributed by atoms with Gasteiger partial charge in [0.1, 0.15) is 16.2 Å². The summed E-state index contributed by atoms with van der Waals surface area (Å²) in [5.74, 6) is 1.55. The highest BCUT2D eigenvalue weighted by Crippen LogP contribution is 2.19. The van der Waals surface area contributed by atoms with Crippen LogP contribution >= 0.6 is 15.9 Å². The normalized spacial score (nSPS) is 12.2. The molecule has 0 saturated heterocycles. The summed E-state index contributed by atoms with van der Waals surface area (Å²) in [5, 5.41) is 3.33. The molecule has 0 spiro atoms. The van der Waals surface area contributed by atoms with Gasteiger partial charge in [-0.3, -0.25) is 4.98 Å². The van der Waals surface area contributed by atoms with Crippen LogP contribution in [-0.2, 0) is 0 Å². The van der Waals surface area contributed by atoms with Crippen LogP contribution in [0.25, 0.3) is 0 Å². The molecule has 1 N–H and O–H groups in total. The SMILES string of the molecule is Cc1nc(Br)cc(NC(C)c2ccncc2)n1. The Labute approximate surface area is 109 Å². The largest absolute Gasteiger partial charge is 0.363 e. The van der Waals surface area contributed by atoms with Gasteiger partial charge in [-0.15, -0.1) is 0 Å². The minimum Gasteiger partial charge on any atom is -0.363 e. The summed E-state index contributed by atoms with van der Waals surface area (Å²) < 4.78 is 0.787. The topological polar surface area (TPSA) is 50.7 Å². The van der Waals surface area contributed by atoms with Crippen LogP contribution in [0.4, 0.5) is 5.82 Å². The molecule has 0 aromatic carbocycles. The number of pyridine rings is 1. The smallest absolute Gasteiger partial charge is 0.131 e. The van der Waals surface area contributed by atoms with Gasteiger partial charge in [-0.1, -0.05) is 0 Å². The molecular weight excluding hydrogens is 280 g/mol. The van der Waals surface area contributed by atoms with E-state index in [1.807, 2.05) is 25.1 Å². The first-order chi connectivity index (χ1) is 8.15. The van der Waals surface area contributed by atoms with E-state index in [9.17, 15) is 0 Å². The minimum absolute atomic E-state index is 0.180. The van der Waals surface area contributed by atoms with Crippen LogP contribution in [0.15, 0.2) is 35.2 Å². The fourth-order valence-electron chi connectivity index (χ4n) is 1.56. The molecule has 0 aliphatic heterocycles.